The standard InChI is InChI=1S/C32H30N4O4/c1-38-27-14-6-23(7-15-27)30-20-31(24-8-16-28(39-2)17-9-24)36(35-30)26-12-4-22(5-13-26)21-33-34-32(37)25-10-18-29(40-3)19-11-25/h4-19,21,31H,20H2,1-3H3,(H,34,37)/b33-21+. The van der Waals surface area contributed by atoms with Crippen LogP contribution >= 0.6 is 0 Å². The molecule has 1 amide bonds. The summed E-state index contributed by atoms with van der Waals surface area (Å²) in [6.07, 6.45) is 2.36. The quantitative estimate of drug-likeness (QED) is 0.216. The van der Waals surface area contributed by atoms with E-state index in [1.165, 1.54) is 0 Å². The molecule has 0 saturated carbocycles. The minimum Gasteiger partial charge on any atom is -0.497 e. The molecule has 0 saturated heterocycles. The summed E-state index contributed by atoms with van der Waals surface area (Å²) in [6, 6.07) is 30.8. The summed E-state index contributed by atoms with van der Waals surface area (Å²) < 4.78 is 15.8. The van der Waals surface area contributed by atoms with Gasteiger partial charge in [0.05, 0.1) is 45.0 Å². The topological polar surface area (TPSA) is 84.8 Å². The lowest BCUT2D eigenvalue weighted by molar-refractivity contribution is 0.0955. The Hall–Kier alpha value is -5.11. The Morgan fingerprint density at radius 3 is 1.93 bits per heavy atom. The number of hydrogen-bond acceptors (Lipinski definition) is 7. The zero-order valence-electron chi connectivity index (χ0n) is 22.6. The molecule has 5 rings (SSSR count). The third-order valence-corrected chi connectivity index (χ3v) is 6.72. The number of rotatable bonds is 9. The number of anilines is 1. The van der Waals surface area contributed by atoms with Crippen molar-refractivity contribution in [2.75, 3.05) is 26.3 Å². The summed E-state index contributed by atoms with van der Waals surface area (Å²) in [6.45, 7) is 0. The molecule has 0 bridgehead atoms. The molecule has 1 heterocycles. The van der Waals surface area contributed by atoms with Gasteiger partial charge in [0.2, 0.25) is 0 Å². The van der Waals surface area contributed by atoms with Crippen LogP contribution in [0.1, 0.15) is 39.5 Å². The van der Waals surface area contributed by atoms with Gasteiger partial charge >= 0.3 is 0 Å². The number of methoxy groups -OCH3 is 3. The molecule has 1 unspecified atom stereocenters. The number of carbonyl (C=O) groups is 1. The van der Waals surface area contributed by atoms with E-state index in [1.807, 2.05) is 65.7 Å². The smallest absolute Gasteiger partial charge is 0.271 e. The molecule has 0 aromatic heterocycles. The number of carbonyl (C=O) groups excluding carboxylic acids is 1. The Kier molecular flexibility index (Phi) is 8.06. The van der Waals surface area contributed by atoms with Gasteiger partial charge in [-0.3, -0.25) is 9.80 Å². The van der Waals surface area contributed by atoms with Crippen LogP contribution in [0.25, 0.3) is 0 Å². The second-order valence-corrected chi connectivity index (χ2v) is 9.13. The average molecular weight is 535 g/mol. The van der Waals surface area contributed by atoms with Crippen LogP contribution < -0.4 is 24.6 Å². The summed E-state index contributed by atoms with van der Waals surface area (Å²) in [7, 11) is 4.91. The molecule has 0 spiro atoms. The van der Waals surface area contributed by atoms with Gasteiger partial charge in [-0.25, -0.2) is 5.43 Å². The molecule has 0 radical (unpaired) electrons. The fourth-order valence-corrected chi connectivity index (χ4v) is 4.48. The number of hydrogen-bond donors (Lipinski definition) is 1. The second-order valence-electron chi connectivity index (χ2n) is 9.13. The molecule has 1 aliphatic heterocycles. The highest BCUT2D eigenvalue weighted by atomic mass is 16.5. The largest absolute Gasteiger partial charge is 0.497 e. The Morgan fingerprint density at radius 2 is 1.35 bits per heavy atom. The van der Waals surface area contributed by atoms with Gasteiger partial charge in [-0.1, -0.05) is 24.3 Å². The van der Waals surface area contributed by atoms with Crippen molar-refractivity contribution in [2.24, 2.45) is 10.2 Å². The lowest BCUT2D eigenvalue weighted by Gasteiger charge is -2.24. The number of ether oxygens (including phenoxy) is 3. The number of amides is 1. The minimum atomic E-state index is -0.296. The molecule has 8 nitrogen and oxygen atoms in total. The maximum atomic E-state index is 12.4. The maximum absolute atomic E-state index is 12.4. The summed E-state index contributed by atoms with van der Waals surface area (Å²) in [4.78, 5) is 12.4. The molecular weight excluding hydrogens is 504 g/mol. The Morgan fingerprint density at radius 1 is 0.800 bits per heavy atom. The third kappa shape index (κ3) is 5.96. The van der Waals surface area contributed by atoms with Crippen LogP contribution in [0, 0.1) is 0 Å². The van der Waals surface area contributed by atoms with E-state index in [0.29, 0.717) is 11.3 Å². The summed E-state index contributed by atoms with van der Waals surface area (Å²) in [5, 5.41) is 11.2. The van der Waals surface area contributed by atoms with Crippen molar-refractivity contribution in [3.05, 3.63) is 119 Å². The minimum absolute atomic E-state index is 0.0197. The van der Waals surface area contributed by atoms with Gasteiger partial charge in [0.15, 0.2) is 0 Å². The molecule has 4 aromatic rings. The third-order valence-electron chi connectivity index (χ3n) is 6.72. The monoisotopic (exact) mass is 534 g/mol. The SMILES string of the molecule is COc1ccc(C(=O)N/N=C/c2ccc(N3N=C(c4ccc(OC)cc4)CC3c3ccc(OC)cc3)cc2)cc1. The van der Waals surface area contributed by atoms with E-state index in [4.69, 9.17) is 19.3 Å². The Labute approximate surface area is 233 Å². The van der Waals surface area contributed by atoms with E-state index in [0.717, 1.165) is 46.0 Å². The lowest BCUT2D eigenvalue weighted by Crippen LogP contribution is -2.18. The molecule has 0 aliphatic carbocycles. The molecule has 4 aromatic carbocycles. The Balaban J connectivity index is 1.33. The van der Waals surface area contributed by atoms with Crippen molar-refractivity contribution in [3.63, 3.8) is 0 Å². The fraction of sp³-hybridized carbons (Fsp3) is 0.156. The van der Waals surface area contributed by atoms with Crippen LogP contribution in [0.5, 0.6) is 17.2 Å². The first-order chi connectivity index (χ1) is 19.6. The van der Waals surface area contributed by atoms with E-state index in [-0.39, 0.29) is 11.9 Å². The van der Waals surface area contributed by atoms with Crippen molar-refractivity contribution >= 4 is 23.5 Å². The zero-order valence-corrected chi connectivity index (χ0v) is 22.6. The normalized spacial score (nSPS) is 14.6. The van der Waals surface area contributed by atoms with Gasteiger partial charge in [0.25, 0.3) is 5.91 Å². The highest BCUT2D eigenvalue weighted by Gasteiger charge is 2.30. The zero-order chi connectivity index (χ0) is 27.9. The van der Waals surface area contributed by atoms with Crippen LogP contribution in [-0.4, -0.2) is 39.2 Å². The second kappa shape index (κ2) is 12.2. The highest BCUT2D eigenvalue weighted by Crippen LogP contribution is 2.37. The van der Waals surface area contributed by atoms with Gasteiger partial charge < -0.3 is 14.2 Å². The van der Waals surface area contributed by atoms with Crippen LogP contribution in [0.15, 0.2) is 107 Å². The van der Waals surface area contributed by atoms with Crippen molar-refractivity contribution in [3.8, 4) is 17.2 Å². The van der Waals surface area contributed by atoms with E-state index < -0.39 is 0 Å². The molecule has 1 N–H and O–H groups in total. The fourth-order valence-electron chi connectivity index (χ4n) is 4.48. The molecule has 40 heavy (non-hydrogen) atoms. The van der Waals surface area contributed by atoms with Gasteiger partial charge in [-0.2, -0.15) is 10.2 Å². The predicted octanol–water partition coefficient (Wildman–Crippen LogP) is 5.83. The van der Waals surface area contributed by atoms with Crippen molar-refractivity contribution in [1.29, 1.82) is 0 Å². The van der Waals surface area contributed by atoms with E-state index >= 15 is 0 Å². The van der Waals surface area contributed by atoms with Crippen LogP contribution in [0.3, 0.4) is 0 Å². The Bertz CT molecular complexity index is 1500. The van der Waals surface area contributed by atoms with Crippen molar-refractivity contribution in [1.82, 2.24) is 5.43 Å². The predicted molar refractivity (Wildman–Crippen MR) is 157 cm³/mol. The number of nitrogens with one attached hydrogen (secondary N) is 1. The molecule has 8 heteroatoms. The van der Waals surface area contributed by atoms with Gasteiger partial charge in [-0.05, 0) is 89.5 Å². The summed E-state index contributed by atoms with van der Waals surface area (Å²) in [5.74, 6) is 2.01. The summed E-state index contributed by atoms with van der Waals surface area (Å²) in [5.41, 5.74) is 8.04. The van der Waals surface area contributed by atoms with Gasteiger partial charge in [0, 0.05) is 12.0 Å². The summed E-state index contributed by atoms with van der Waals surface area (Å²) >= 11 is 0. The van der Waals surface area contributed by atoms with Gasteiger partial charge in [0.1, 0.15) is 17.2 Å². The number of hydrazone groups is 2. The average Bonchev–Trinajstić information content (AvgIpc) is 3.47. The van der Waals surface area contributed by atoms with Crippen molar-refractivity contribution in [2.45, 2.75) is 12.5 Å². The number of benzene rings is 4. The van der Waals surface area contributed by atoms with Crippen LogP contribution in [-0.2, 0) is 0 Å². The first-order valence-corrected chi connectivity index (χ1v) is 12.8. The number of nitrogens with zero attached hydrogens (tertiary/aromatic N) is 3. The van der Waals surface area contributed by atoms with E-state index in [1.54, 1.807) is 51.8 Å². The van der Waals surface area contributed by atoms with E-state index in [9.17, 15) is 4.79 Å². The van der Waals surface area contributed by atoms with Gasteiger partial charge in [-0.15, -0.1) is 0 Å². The van der Waals surface area contributed by atoms with Crippen molar-refractivity contribution < 1.29 is 19.0 Å². The van der Waals surface area contributed by atoms with Crippen LogP contribution in [0.2, 0.25) is 0 Å². The molecule has 1 atom stereocenters. The maximum Gasteiger partial charge on any atom is 0.271 e. The highest BCUT2D eigenvalue weighted by molar-refractivity contribution is 6.03. The first kappa shape index (κ1) is 26.5. The lowest BCUT2D eigenvalue weighted by atomic mass is 9.98. The molecular formula is C32H30N4O4. The van der Waals surface area contributed by atoms with Crippen LogP contribution in [0.4, 0.5) is 5.69 Å². The van der Waals surface area contributed by atoms with E-state index in [2.05, 4.69) is 22.7 Å². The molecule has 202 valence electrons. The first-order valence-electron chi connectivity index (χ1n) is 12.8. The molecule has 1 aliphatic rings. The molecule has 0 fully saturated rings.